The van der Waals surface area contributed by atoms with Gasteiger partial charge in [-0.2, -0.15) is 0 Å². The van der Waals surface area contributed by atoms with Crippen LogP contribution >= 0.6 is 0 Å². The van der Waals surface area contributed by atoms with Crippen molar-refractivity contribution in [3.05, 3.63) is 29.3 Å². The van der Waals surface area contributed by atoms with Crippen molar-refractivity contribution >= 4 is 17.7 Å². The van der Waals surface area contributed by atoms with Crippen LogP contribution in [0, 0.1) is 5.92 Å². The summed E-state index contributed by atoms with van der Waals surface area (Å²) in [6.07, 6.45) is 9.55. The highest BCUT2D eigenvalue weighted by Crippen LogP contribution is 2.36. The zero-order chi connectivity index (χ0) is 24.8. The van der Waals surface area contributed by atoms with Gasteiger partial charge in [0, 0.05) is 43.7 Å². The summed E-state index contributed by atoms with van der Waals surface area (Å²) in [4.78, 5) is 43.7. The number of carbonyl (C=O) groups excluding carboxylic acids is 3. The van der Waals surface area contributed by atoms with Gasteiger partial charge in [0.05, 0.1) is 0 Å². The molecule has 0 bridgehead atoms. The summed E-state index contributed by atoms with van der Waals surface area (Å²) >= 11 is 0. The van der Waals surface area contributed by atoms with Crippen LogP contribution in [0.3, 0.4) is 0 Å². The molecule has 1 saturated carbocycles. The third-order valence-electron chi connectivity index (χ3n) is 9.23. The lowest BCUT2D eigenvalue weighted by Crippen LogP contribution is -2.62. The normalized spacial score (nSPS) is 32.2. The minimum Gasteiger partial charge on any atom is -0.489 e. The third-order valence-corrected chi connectivity index (χ3v) is 9.23. The first-order chi connectivity index (χ1) is 17.5. The summed E-state index contributed by atoms with van der Waals surface area (Å²) in [6, 6.07) is 6.35. The topological polar surface area (TPSA) is 82.2 Å². The van der Waals surface area contributed by atoms with Crippen LogP contribution in [0.25, 0.3) is 0 Å². The van der Waals surface area contributed by atoms with Crippen molar-refractivity contribution < 1.29 is 19.1 Å². The van der Waals surface area contributed by atoms with E-state index in [0.29, 0.717) is 24.6 Å². The monoisotopic (exact) mass is 494 g/mol. The molecule has 5 aliphatic rings. The molecule has 194 valence electrons. The molecule has 8 heteroatoms. The van der Waals surface area contributed by atoms with E-state index in [9.17, 15) is 14.4 Å². The molecular weight excluding hydrogens is 456 g/mol. The molecule has 6 rings (SSSR count). The highest BCUT2D eigenvalue weighted by atomic mass is 16.5. The zero-order valence-corrected chi connectivity index (χ0v) is 21.3. The van der Waals surface area contributed by atoms with Crippen LogP contribution < -0.4 is 10.1 Å². The second-order valence-corrected chi connectivity index (χ2v) is 11.5. The van der Waals surface area contributed by atoms with Crippen LogP contribution in [0.4, 0.5) is 0 Å². The van der Waals surface area contributed by atoms with Gasteiger partial charge in [0.2, 0.25) is 11.8 Å². The predicted octanol–water partition coefficient (Wildman–Crippen LogP) is 2.55. The fourth-order valence-electron chi connectivity index (χ4n) is 7.19. The Kier molecular flexibility index (Phi) is 6.50. The quantitative estimate of drug-likeness (QED) is 0.634. The van der Waals surface area contributed by atoms with Crippen molar-refractivity contribution in [1.82, 2.24) is 20.0 Å². The predicted molar refractivity (Wildman–Crippen MR) is 134 cm³/mol. The Balaban J connectivity index is 1.10. The first-order valence-electron chi connectivity index (χ1n) is 13.9. The van der Waals surface area contributed by atoms with Crippen LogP contribution in [0.15, 0.2) is 18.2 Å². The van der Waals surface area contributed by atoms with Gasteiger partial charge in [0.25, 0.3) is 5.91 Å². The Bertz CT molecular complexity index is 1040. The Morgan fingerprint density at radius 2 is 1.72 bits per heavy atom. The van der Waals surface area contributed by atoms with E-state index in [1.807, 2.05) is 18.2 Å². The van der Waals surface area contributed by atoms with Gasteiger partial charge in [-0.05, 0) is 81.8 Å². The summed E-state index contributed by atoms with van der Waals surface area (Å²) in [5.41, 5.74) is 1.54. The molecule has 4 atom stereocenters. The number of nitrogens with zero attached hydrogens (tertiary/aromatic N) is 3. The number of hydrogen-bond acceptors (Lipinski definition) is 6. The van der Waals surface area contributed by atoms with Crippen LogP contribution in [-0.2, 0) is 16.1 Å². The molecule has 3 amide bonds. The summed E-state index contributed by atoms with van der Waals surface area (Å²) in [5.74, 6) is 0.814. The number of rotatable bonds is 5. The molecular formula is C28H38N4O4. The molecule has 4 heterocycles. The standard InChI is InChI=1S/C28H38N4O4/c1-30-13-5-4-6-22(30)19-15-31(16-19)23-7-2-3-8-25(23)36-20-9-10-21-18(14-20)17-32(28(21)35)24-11-12-26(33)29-27(24)34/h9-10,14,19,22-25H,2-8,11-13,15-17H2,1H3,(H,29,33,34)/t22?,23-,24?,25+/m0/s1. The molecule has 1 aliphatic carbocycles. The maximum atomic E-state index is 13.0. The van der Waals surface area contributed by atoms with E-state index in [4.69, 9.17) is 4.74 Å². The Labute approximate surface area is 213 Å². The van der Waals surface area contributed by atoms with Crippen LogP contribution in [0.1, 0.15) is 73.7 Å². The van der Waals surface area contributed by atoms with E-state index in [1.165, 1.54) is 58.2 Å². The van der Waals surface area contributed by atoms with Gasteiger partial charge in [-0.25, -0.2) is 0 Å². The first-order valence-corrected chi connectivity index (χ1v) is 13.9. The average molecular weight is 495 g/mol. The number of ether oxygens (including phenoxy) is 1. The summed E-state index contributed by atoms with van der Waals surface area (Å²) < 4.78 is 6.60. The second-order valence-electron chi connectivity index (χ2n) is 11.5. The number of fused-ring (bicyclic) bond motifs is 1. The molecule has 36 heavy (non-hydrogen) atoms. The average Bonchev–Trinajstić information content (AvgIpc) is 3.16. The number of hydrogen-bond donors (Lipinski definition) is 1. The van der Waals surface area contributed by atoms with Crippen molar-refractivity contribution in [2.75, 3.05) is 26.7 Å². The van der Waals surface area contributed by atoms with Gasteiger partial charge >= 0.3 is 0 Å². The van der Waals surface area contributed by atoms with Crippen LogP contribution in [0.2, 0.25) is 0 Å². The highest BCUT2D eigenvalue weighted by molar-refractivity contribution is 6.05. The smallest absolute Gasteiger partial charge is 0.255 e. The molecule has 0 aromatic heterocycles. The zero-order valence-electron chi connectivity index (χ0n) is 21.3. The van der Waals surface area contributed by atoms with Crippen molar-refractivity contribution in [3.8, 4) is 5.75 Å². The van der Waals surface area contributed by atoms with Gasteiger partial charge < -0.3 is 14.5 Å². The molecule has 8 nitrogen and oxygen atoms in total. The largest absolute Gasteiger partial charge is 0.489 e. The van der Waals surface area contributed by atoms with Gasteiger partial charge in [-0.3, -0.25) is 24.6 Å². The van der Waals surface area contributed by atoms with E-state index in [1.54, 1.807) is 4.90 Å². The van der Waals surface area contributed by atoms with Gasteiger partial charge in [-0.15, -0.1) is 0 Å². The fourth-order valence-corrected chi connectivity index (χ4v) is 7.19. The summed E-state index contributed by atoms with van der Waals surface area (Å²) in [6.45, 7) is 3.98. The molecule has 0 radical (unpaired) electrons. The first kappa shape index (κ1) is 23.9. The second kappa shape index (κ2) is 9.78. The van der Waals surface area contributed by atoms with Gasteiger partial charge in [0.15, 0.2) is 0 Å². The lowest BCUT2D eigenvalue weighted by molar-refractivity contribution is -0.136. The molecule has 1 N–H and O–H groups in total. The van der Waals surface area contributed by atoms with Gasteiger partial charge in [-0.1, -0.05) is 12.8 Å². The Morgan fingerprint density at radius 3 is 2.53 bits per heavy atom. The minimum atomic E-state index is -0.586. The Hall–Kier alpha value is -2.45. The van der Waals surface area contributed by atoms with Crippen molar-refractivity contribution in [2.24, 2.45) is 5.92 Å². The number of nitrogens with one attached hydrogen (secondary N) is 1. The maximum Gasteiger partial charge on any atom is 0.255 e. The summed E-state index contributed by atoms with van der Waals surface area (Å²) in [7, 11) is 2.29. The van der Waals surface area contributed by atoms with Crippen molar-refractivity contribution in [2.45, 2.75) is 88.6 Å². The molecule has 0 spiro atoms. The van der Waals surface area contributed by atoms with E-state index in [2.05, 4.69) is 22.2 Å². The lowest BCUT2D eigenvalue weighted by atomic mass is 9.81. The Morgan fingerprint density at radius 1 is 0.944 bits per heavy atom. The number of piperidine rings is 2. The molecule has 3 saturated heterocycles. The summed E-state index contributed by atoms with van der Waals surface area (Å²) in [5, 5.41) is 2.37. The SMILES string of the molecule is CN1CCCCC1C1CN([C@H]2CCCC[C@H]2Oc2ccc3c(c2)CN(C2CCC(=O)NC2=O)C3=O)C1. The van der Waals surface area contributed by atoms with E-state index >= 15 is 0 Å². The highest BCUT2D eigenvalue weighted by Gasteiger charge is 2.43. The number of amides is 3. The van der Waals surface area contributed by atoms with E-state index in [-0.39, 0.29) is 30.2 Å². The number of likely N-dealkylation sites (tertiary alicyclic amines) is 2. The number of carbonyl (C=O) groups is 3. The number of imide groups is 1. The van der Waals surface area contributed by atoms with Crippen molar-refractivity contribution in [1.29, 1.82) is 0 Å². The van der Waals surface area contributed by atoms with Crippen molar-refractivity contribution in [3.63, 3.8) is 0 Å². The third kappa shape index (κ3) is 4.43. The molecule has 1 aromatic carbocycles. The fraction of sp³-hybridized carbons (Fsp3) is 0.679. The van der Waals surface area contributed by atoms with E-state index < -0.39 is 6.04 Å². The minimum absolute atomic E-state index is 0.138. The van der Waals surface area contributed by atoms with E-state index in [0.717, 1.165) is 29.7 Å². The maximum absolute atomic E-state index is 13.0. The van der Waals surface area contributed by atoms with Gasteiger partial charge in [0.1, 0.15) is 17.9 Å². The molecule has 1 aromatic rings. The lowest BCUT2D eigenvalue weighted by Gasteiger charge is -2.52. The molecule has 4 aliphatic heterocycles. The molecule has 2 unspecified atom stereocenters. The van der Waals surface area contributed by atoms with Crippen LogP contribution in [0.5, 0.6) is 5.75 Å². The molecule has 4 fully saturated rings. The van der Waals surface area contributed by atoms with Crippen LogP contribution in [-0.4, -0.2) is 83.3 Å². The number of benzene rings is 1.